The fourth-order valence-corrected chi connectivity index (χ4v) is 4.37. The molecule has 0 aliphatic rings. The third-order valence-electron chi connectivity index (χ3n) is 6.51. The largest absolute Gasteiger partial charge is 0.399 e. The first-order valence-corrected chi connectivity index (χ1v) is 12.9. The summed E-state index contributed by atoms with van der Waals surface area (Å²) in [5, 5.41) is 5.56. The molecule has 3 aromatic carbocycles. The molecule has 1 amide bonds. The van der Waals surface area contributed by atoms with Crippen molar-refractivity contribution in [3.63, 3.8) is 0 Å². The molecule has 0 aliphatic heterocycles. The molecule has 0 spiro atoms. The van der Waals surface area contributed by atoms with Crippen LogP contribution in [0.25, 0.3) is 10.9 Å². The highest BCUT2D eigenvalue weighted by Gasteiger charge is 2.11. The van der Waals surface area contributed by atoms with Gasteiger partial charge in [-0.3, -0.25) is 4.79 Å². The molecule has 5 rings (SSSR count). The second-order valence-electron chi connectivity index (χ2n) is 9.15. The Kier molecular flexibility index (Phi) is 7.27. The molecular weight excluding hydrogens is 486 g/mol. The van der Waals surface area contributed by atoms with Crippen molar-refractivity contribution in [3.05, 3.63) is 114 Å². The summed E-state index contributed by atoms with van der Waals surface area (Å²) in [6.07, 6.45) is 5.98. The predicted molar refractivity (Wildman–Crippen MR) is 158 cm³/mol. The number of nitrogens with zero attached hydrogens (tertiary/aromatic N) is 4. The highest BCUT2D eigenvalue weighted by molar-refractivity contribution is 6.08. The van der Waals surface area contributed by atoms with E-state index in [-0.39, 0.29) is 5.91 Å². The van der Waals surface area contributed by atoms with E-state index in [0.29, 0.717) is 28.3 Å². The maximum Gasteiger partial charge on any atom is 0.257 e. The second-order valence-corrected chi connectivity index (χ2v) is 9.15. The van der Waals surface area contributed by atoms with Gasteiger partial charge in [-0.1, -0.05) is 0 Å². The molecule has 0 radical (unpaired) electrons. The van der Waals surface area contributed by atoms with E-state index in [4.69, 9.17) is 16.5 Å². The number of hydrogen-bond donors (Lipinski definition) is 3. The van der Waals surface area contributed by atoms with Crippen LogP contribution in [0.5, 0.6) is 0 Å². The van der Waals surface area contributed by atoms with Gasteiger partial charge in [-0.2, -0.15) is 0 Å². The summed E-state index contributed by atoms with van der Waals surface area (Å²) in [7, 11) is 0. The first-order chi connectivity index (χ1) is 18.9. The van der Waals surface area contributed by atoms with Gasteiger partial charge in [-0.25, -0.2) is 9.98 Å². The van der Waals surface area contributed by atoms with Crippen molar-refractivity contribution in [2.24, 2.45) is 9.98 Å². The second kappa shape index (κ2) is 11.1. The Hall–Kier alpha value is -5.11. The molecule has 2 heterocycles. The molecule has 2 aromatic heterocycles. The fourth-order valence-electron chi connectivity index (χ4n) is 4.37. The van der Waals surface area contributed by atoms with Crippen LogP contribution in [0.4, 0.5) is 28.4 Å². The number of benzene rings is 3. The molecule has 0 bridgehead atoms. The quantitative estimate of drug-likeness (QED) is 0.263. The number of anilines is 3. The number of rotatable bonds is 6. The highest BCUT2D eigenvalue weighted by Crippen LogP contribution is 2.23. The van der Waals surface area contributed by atoms with Crippen molar-refractivity contribution in [1.29, 1.82) is 0 Å². The maximum absolute atomic E-state index is 13.0. The average molecular weight is 518 g/mol. The summed E-state index contributed by atoms with van der Waals surface area (Å²) in [6, 6.07) is 24.3. The Morgan fingerprint density at radius 2 is 1.54 bits per heavy atom. The smallest absolute Gasteiger partial charge is 0.257 e. The number of hydrogen-bond acceptors (Lipinski definition) is 5. The van der Waals surface area contributed by atoms with Gasteiger partial charge in [0.1, 0.15) is 0 Å². The van der Waals surface area contributed by atoms with E-state index in [1.807, 2.05) is 79.3 Å². The summed E-state index contributed by atoms with van der Waals surface area (Å²) in [6.45, 7) is 5.90. The van der Waals surface area contributed by atoms with E-state index in [1.54, 1.807) is 18.2 Å². The Morgan fingerprint density at radius 1 is 0.795 bits per heavy atom. The summed E-state index contributed by atoms with van der Waals surface area (Å²) < 4.78 is 4.20. The first-order valence-electron chi connectivity index (χ1n) is 12.9. The average Bonchev–Trinajstić information content (AvgIpc) is 2.94. The zero-order valence-electron chi connectivity index (χ0n) is 22.0. The van der Waals surface area contributed by atoms with Crippen molar-refractivity contribution >= 4 is 45.2 Å². The van der Waals surface area contributed by atoms with Crippen LogP contribution in [0.2, 0.25) is 0 Å². The summed E-state index contributed by atoms with van der Waals surface area (Å²) >= 11 is 0. The molecule has 0 saturated carbocycles. The molecule has 0 fully saturated rings. The van der Waals surface area contributed by atoms with Crippen LogP contribution in [0.15, 0.2) is 107 Å². The van der Waals surface area contributed by atoms with Crippen molar-refractivity contribution < 1.29 is 4.79 Å². The maximum atomic E-state index is 13.0. The van der Waals surface area contributed by atoms with Crippen molar-refractivity contribution in [2.75, 3.05) is 16.8 Å². The number of amides is 1. The molecule has 5 N–H and O–H groups in total. The SMILES string of the molecule is CCn1ccc(=Nc2ccc(NC(=O)c3ccc(N=c4ccn(CC)c5cc(N)ccc45)cc3N)cc2)cc1. The Labute approximate surface area is 226 Å². The van der Waals surface area contributed by atoms with Crippen molar-refractivity contribution in [3.8, 4) is 0 Å². The van der Waals surface area contributed by atoms with Gasteiger partial charge in [0.2, 0.25) is 0 Å². The lowest BCUT2D eigenvalue weighted by Crippen LogP contribution is -2.14. The van der Waals surface area contributed by atoms with E-state index >= 15 is 0 Å². The molecule has 5 aromatic rings. The monoisotopic (exact) mass is 517 g/mol. The number of carbonyl (C=O) groups is 1. The molecule has 8 nitrogen and oxygen atoms in total. The predicted octanol–water partition coefficient (Wildman–Crippen LogP) is 5.36. The molecule has 0 unspecified atom stereocenters. The van der Waals surface area contributed by atoms with Crippen molar-refractivity contribution in [2.45, 2.75) is 26.9 Å². The van der Waals surface area contributed by atoms with Crippen molar-refractivity contribution in [1.82, 2.24) is 9.13 Å². The lowest BCUT2D eigenvalue weighted by atomic mass is 10.1. The van der Waals surface area contributed by atoms with Gasteiger partial charge in [0, 0.05) is 54.1 Å². The number of aryl methyl sites for hydroxylation is 2. The van der Waals surface area contributed by atoms with Crippen LogP contribution in [0.3, 0.4) is 0 Å². The van der Waals surface area contributed by atoms with Gasteiger partial charge in [0.05, 0.1) is 33.2 Å². The minimum atomic E-state index is -0.291. The van der Waals surface area contributed by atoms with E-state index in [2.05, 4.69) is 33.3 Å². The first kappa shape index (κ1) is 25.5. The van der Waals surface area contributed by atoms with Gasteiger partial charge in [0.15, 0.2) is 0 Å². The molecule has 0 aliphatic carbocycles. The number of pyridine rings is 2. The van der Waals surface area contributed by atoms with Crippen LogP contribution in [0, 0.1) is 0 Å². The third-order valence-corrected chi connectivity index (χ3v) is 6.51. The van der Waals surface area contributed by atoms with E-state index < -0.39 is 0 Å². The Morgan fingerprint density at radius 3 is 2.23 bits per heavy atom. The van der Waals surface area contributed by atoms with Crippen LogP contribution < -0.4 is 27.5 Å². The van der Waals surface area contributed by atoms with Gasteiger partial charge in [-0.15, -0.1) is 0 Å². The normalized spacial score (nSPS) is 11.5. The minimum absolute atomic E-state index is 0.291. The van der Waals surface area contributed by atoms with Gasteiger partial charge < -0.3 is 25.9 Å². The van der Waals surface area contributed by atoms with Gasteiger partial charge in [0.25, 0.3) is 5.91 Å². The van der Waals surface area contributed by atoms with E-state index in [9.17, 15) is 4.79 Å². The number of nitrogens with one attached hydrogen (secondary N) is 1. The topological polar surface area (TPSA) is 116 Å². The third kappa shape index (κ3) is 5.75. The molecule has 196 valence electrons. The van der Waals surface area contributed by atoms with Gasteiger partial charge >= 0.3 is 0 Å². The highest BCUT2D eigenvalue weighted by atomic mass is 16.1. The number of fused-ring (bicyclic) bond motifs is 1. The number of nitrogen functional groups attached to an aromatic ring is 2. The molecule has 39 heavy (non-hydrogen) atoms. The lowest BCUT2D eigenvalue weighted by Gasteiger charge is -2.10. The Balaban J connectivity index is 1.35. The fraction of sp³-hybridized carbons (Fsp3) is 0.129. The molecule has 0 saturated heterocycles. The standard InChI is InChI=1S/C31H31N7O/c1-3-37-16-13-24(14-17-37)34-22-6-8-23(9-7-22)36-31(39)26-12-10-25(20-28(26)33)35-29-15-18-38(4-2)30-19-21(32)5-11-27(29)30/h5-20H,3-4,32-33H2,1-2H3,(H,36,39). The van der Waals surface area contributed by atoms with E-state index in [0.717, 1.165) is 40.4 Å². The van der Waals surface area contributed by atoms with E-state index in [1.165, 1.54) is 0 Å². The minimum Gasteiger partial charge on any atom is -0.399 e. The number of carbonyl (C=O) groups excluding carboxylic acids is 1. The molecular formula is C31H31N7O. The summed E-state index contributed by atoms with van der Waals surface area (Å²) in [5.41, 5.74) is 16.8. The Bertz CT molecular complexity index is 1780. The molecule has 0 atom stereocenters. The van der Waals surface area contributed by atoms with Gasteiger partial charge in [-0.05, 0) is 92.7 Å². The van der Waals surface area contributed by atoms with Crippen LogP contribution in [-0.2, 0) is 13.1 Å². The zero-order valence-corrected chi connectivity index (χ0v) is 22.0. The lowest BCUT2D eigenvalue weighted by molar-refractivity contribution is 0.102. The van der Waals surface area contributed by atoms with Crippen LogP contribution in [-0.4, -0.2) is 15.0 Å². The summed E-state index contributed by atoms with van der Waals surface area (Å²) in [4.78, 5) is 22.4. The molecule has 8 heteroatoms. The zero-order chi connectivity index (χ0) is 27.4. The number of aromatic nitrogens is 2. The number of nitrogens with two attached hydrogens (primary N) is 2. The van der Waals surface area contributed by atoms with Crippen LogP contribution >= 0.6 is 0 Å². The summed E-state index contributed by atoms with van der Waals surface area (Å²) in [5.74, 6) is -0.291. The van der Waals surface area contributed by atoms with Crippen LogP contribution in [0.1, 0.15) is 24.2 Å².